The standard InChI is InChI=1S/C2H4O2.Rh/c1-2(3)4;/h1H3,(H,3,4);/q;+3/p-1. The van der Waals surface area contributed by atoms with Crippen molar-refractivity contribution in [1.82, 2.24) is 0 Å². The van der Waals surface area contributed by atoms with Crippen molar-refractivity contribution >= 4 is 5.97 Å². The normalized spacial score (nSPS) is 5.00. The summed E-state index contributed by atoms with van der Waals surface area (Å²) in [6.45, 7) is 0.972. The number of carboxylic acids is 1. The van der Waals surface area contributed by atoms with Crippen LogP contribution in [0.2, 0.25) is 0 Å². The van der Waals surface area contributed by atoms with Gasteiger partial charge in [0.15, 0.2) is 0 Å². The molecule has 5 heavy (non-hydrogen) atoms. The van der Waals surface area contributed by atoms with Gasteiger partial charge in [-0.1, -0.05) is 0 Å². The van der Waals surface area contributed by atoms with E-state index in [0.29, 0.717) is 0 Å². The van der Waals surface area contributed by atoms with Crippen LogP contribution in [0.5, 0.6) is 0 Å². The summed E-state index contributed by atoms with van der Waals surface area (Å²) in [6, 6.07) is 0. The first-order valence-electron chi connectivity index (χ1n) is 0.908. The first kappa shape index (κ1) is 8.92. The molecule has 0 aromatic carbocycles. The van der Waals surface area contributed by atoms with E-state index < -0.39 is 5.97 Å². The van der Waals surface area contributed by atoms with E-state index in [4.69, 9.17) is 9.90 Å². The van der Waals surface area contributed by atoms with E-state index in [1.165, 1.54) is 0 Å². The van der Waals surface area contributed by atoms with E-state index in [-0.39, 0.29) is 19.5 Å². The molecule has 0 amide bonds. The molecule has 0 heterocycles. The summed E-state index contributed by atoms with van der Waals surface area (Å²) in [7, 11) is 0. The maximum Gasteiger partial charge on any atom is 3.00 e. The summed E-state index contributed by atoms with van der Waals surface area (Å²) in [6.07, 6.45) is 0. The molecule has 0 saturated carbocycles. The molecule has 0 unspecified atom stereocenters. The van der Waals surface area contributed by atoms with Gasteiger partial charge in [-0.3, -0.25) is 0 Å². The molecule has 0 rings (SSSR count). The van der Waals surface area contributed by atoms with Gasteiger partial charge in [-0.05, 0) is 6.92 Å². The molecule has 0 bridgehead atoms. The fourth-order valence-corrected chi connectivity index (χ4v) is 0. The Bertz CT molecular complexity index is 30.6. The Labute approximate surface area is 42.9 Å². The van der Waals surface area contributed by atoms with Gasteiger partial charge in [0.1, 0.15) is 0 Å². The van der Waals surface area contributed by atoms with E-state index in [9.17, 15) is 0 Å². The molecule has 0 aliphatic carbocycles. The number of rotatable bonds is 0. The molecule has 0 N–H and O–H groups in total. The Morgan fingerprint density at radius 1 is 1.80 bits per heavy atom. The largest absolute Gasteiger partial charge is 3.00 e. The zero-order valence-electron chi connectivity index (χ0n) is 2.65. The second-order valence-corrected chi connectivity index (χ2v) is 0.492. The quantitative estimate of drug-likeness (QED) is 0.417. The zero-order chi connectivity index (χ0) is 3.58. The summed E-state index contributed by atoms with van der Waals surface area (Å²) in [5, 5.41) is 8.89. The van der Waals surface area contributed by atoms with Gasteiger partial charge in [0.25, 0.3) is 0 Å². The summed E-state index contributed by atoms with van der Waals surface area (Å²) in [5.74, 6) is -1.08. The summed E-state index contributed by atoms with van der Waals surface area (Å²) >= 11 is 0. The molecule has 30 valence electrons. The van der Waals surface area contributed by atoms with Crippen LogP contribution in [-0.4, -0.2) is 5.97 Å². The number of carbonyl (C=O) groups excluding carboxylic acids is 1. The van der Waals surface area contributed by atoms with Gasteiger partial charge in [-0.25, -0.2) is 0 Å². The van der Waals surface area contributed by atoms with Crippen molar-refractivity contribution in [3.8, 4) is 0 Å². The fourth-order valence-electron chi connectivity index (χ4n) is 0. The van der Waals surface area contributed by atoms with Gasteiger partial charge >= 0.3 is 19.5 Å². The van der Waals surface area contributed by atoms with Crippen LogP contribution in [0, 0.1) is 0 Å². The Morgan fingerprint density at radius 2 is 1.80 bits per heavy atom. The molecular weight excluding hydrogens is 159 g/mol. The molecule has 0 aromatic heterocycles. The average Bonchev–Trinajstić information content (AvgIpc) is 0.811. The molecule has 2 nitrogen and oxygen atoms in total. The Hall–Kier alpha value is 0.0934. The van der Waals surface area contributed by atoms with Crippen LogP contribution in [0.25, 0.3) is 0 Å². The summed E-state index contributed by atoms with van der Waals surface area (Å²) < 4.78 is 0. The van der Waals surface area contributed by atoms with Crippen molar-refractivity contribution < 1.29 is 29.4 Å². The number of hydrogen-bond donors (Lipinski definition) is 0. The van der Waals surface area contributed by atoms with E-state index >= 15 is 0 Å². The van der Waals surface area contributed by atoms with Crippen molar-refractivity contribution in [2.45, 2.75) is 6.92 Å². The van der Waals surface area contributed by atoms with Crippen LogP contribution in [0.1, 0.15) is 6.92 Å². The van der Waals surface area contributed by atoms with Crippen molar-refractivity contribution in [2.24, 2.45) is 0 Å². The van der Waals surface area contributed by atoms with Gasteiger partial charge < -0.3 is 9.90 Å². The zero-order valence-corrected chi connectivity index (χ0v) is 4.29. The van der Waals surface area contributed by atoms with Crippen LogP contribution in [0.3, 0.4) is 0 Å². The van der Waals surface area contributed by atoms with E-state index in [1.54, 1.807) is 0 Å². The molecule has 0 spiro atoms. The van der Waals surface area contributed by atoms with E-state index in [1.807, 2.05) is 0 Å². The molecular formula is C2H3O2Rh+2. The molecule has 0 aromatic rings. The number of aliphatic carboxylic acids is 1. The minimum atomic E-state index is -1.08. The van der Waals surface area contributed by atoms with Crippen LogP contribution >= 0.6 is 0 Å². The van der Waals surface area contributed by atoms with Gasteiger partial charge in [-0.2, -0.15) is 0 Å². The Morgan fingerprint density at radius 3 is 1.80 bits per heavy atom. The van der Waals surface area contributed by atoms with E-state index in [2.05, 4.69) is 0 Å². The van der Waals surface area contributed by atoms with Crippen molar-refractivity contribution in [3.05, 3.63) is 0 Å². The minimum Gasteiger partial charge on any atom is -0.550 e. The van der Waals surface area contributed by atoms with Gasteiger partial charge in [0.05, 0.1) is 0 Å². The molecule has 0 aliphatic rings. The minimum absolute atomic E-state index is 0. The summed E-state index contributed by atoms with van der Waals surface area (Å²) in [4.78, 5) is 8.89. The SMILES string of the molecule is CC(=O)[O-].[Rh+3]. The van der Waals surface area contributed by atoms with Crippen LogP contribution in [-0.2, 0) is 24.3 Å². The van der Waals surface area contributed by atoms with Crippen molar-refractivity contribution in [3.63, 3.8) is 0 Å². The topological polar surface area (TPSA) is 40.1 Å². The molecule has 0 aliphatic heterocycles. The number of carboxylic acid groups (broad SMARTS) is 1. The predicted octanol–water partition coefficient (Wildman–Crippen LogP) is -1.25. The molecule has 3 heteroatoms. The van der Waals surface area contributed by atoms with E-state index in [0.717, 1.165) is 6.92 Å². The third-order valence-corrected chi connectivity index (χ3v) is 0. The maximum absolute atomic E-state index is 8.89. The smallest absolute Gasteiger partial charge is 0.550 e. The second kappa shape index (κ2) is 4.09. The predicted molar refractivity (Wildman–Crippen MR) is 10.7 cm³/mol. The Kier molecular flexibility index (Phi) is 7.30. The summed E-state index contributed by atoms with van der Waals surface area (Å²) in [5.41, 5.74) is 0. The first-order chi connectivity index (χ1) is 1.73. The molecule has 0 saturated heterocycles. The fraction of sp³-hybridized carbons (Fsp3) is 0.500. The average molecular weight is 162 g/mol. The first-order valence-corrected chi connectivity index (χ1v) is 0.908. The molecule has 0 atom stereocenters. The third-order valence-electron chi connectivity index (χ3n) is 0. The van der Waals surface area contributed by atoms with Crippen molar-refractivity contribution in [2.75, 3.05) is 0 Å². The molecule has 0 radical (unpaired) electrons. The number of carbonyl (C=O) groups is 1. The number of hydrogen-bond acceptors (Lipinski definition) is 2. The Balaban J connectivity index is 0. The van der Waals surface area contributed by atoms with Crippen LogP contribution in [0.15, 0.2) is 0 Å². The molecule has 0 fully saturated rings. The third kappa shape index (κ3) is 2060. The monoisotopic (exact) mass is 162 g/mol. The van der Waals surface area contributed by atoms with Crippen LogP contribution < -0.4 is 5.11 Å². The van der Waals surface area contributed by atoms with Crippen LogP contribution in [0.4, 0.5) is 0 Å². The van der Waals surface area contributed by atoms with Gasteiger partial charge in [0.2, 0.25) is 0 Å². The second-order valence-electron chi connectivity index (χ2n) is 0.492. The van der Waals surface area contributed by atoms with Gasteiger partial charge in [-0.15, -0.1) is 0 Å². The van der Waals surface area contributed by atoms with Gasteiger partial charge in [0, 0.05) is 5.97 Å². The maximum atomic E-state index is 8.89. The van der Waals surface area contributed by atoms with Crippen molar-refractivity contribution in [1.29, 1.82) is 0 Å².